The van der Waals surface area contributed by atoms with Crippen molar-refractivity contribution in [3.05, 3.63) is 58.1 Å². The van der Waals surface area contributed by atoms with E-state index in [2.05, 4.69) is 9.47 Å². The molecule has 0 atom stereocenters. The van der Waals surface area contributed by atoms with E-state index in [9.17, 15) is 22.8 Å². The molecule has 0 fully saturated rings. The van der Waals surface area contributed by atoms with Crippen LogP contribution in [0.4, 0.5) is 13.2 Å². The minimum atomic E-state index is -4.54. The average molecular weight is 389 g/mol. The van der Waals surface area contributed by atoms with Gasteiger partial charge in [0, 0.05) is 0 Å². The summed E-state index contributed by atoms with van der Waals surface area (Å²) in [5.74, 6) is -1.56. The Bertz CT molecular complexity index is 849. The average Bonchev–Trinajstić information content (AvgIpc) is 2.61. The molecule has 2 aromatic rings. The summed E-state index contributed by atoms with van der Waals surface area (Å²) in [5.41, 5.74) is -1.10. The van der Waals surface area contributed by atoms with E-state index in [0.29, 0.717) is 0 Å². The van der Waals surface area contributed by atoms with Crippen LogP contribution in [0.5, 0.6) is 11.5 Å². The number of rotatable bonds is 4. The molecule has 0 heterocycles. The molecule has 0 saturated heterocycles. The third-order valence-electron chi connectivity index (χ3n) is 3.29. The molecule has 26 heavy (non-hydrogen) atoms. The van der Waals surface area contributed by atoms with Crippen molar-refractivity contribution >= 4 is 23.5 Å². The smallest absolute Gasteiger partial charge is 0.416 e. The Morgan fingerprint density at radius 1 is 0.923 bits per heavy atom. The van der Waals surface area contributed by atoms with Crippen LogP contribution in [-0.4, -0.2) is 26.2 Å². The third-order valence-corrected chi connectivity index (χ3v) is 3.58. The molecule has 0 spiro atoms. The van der Waals surface area contributed by atoms with Crippen LogP contribution in [0.1, 0.15) is 26.3 Å². The normalized spacial score (nSPS) is 11.0. The van der Waals surface area contributed by atoms with E-state index in [1.165, 1.54) is 18.2 Å². The molecule has 9 heteroatoms. The first-order valence-corrected chi connectivity index (χ1v) is 7.40. The monoisotopic (exact) mass is 388 g/mol. The molecule has 0 amide bonds. The van der Waals surface area contributed by atoms with Crippen molar-refractivity contribution in [1.82, 2.24) is 0 Å². The SMILES string of the molecule is COC(=O)c1ccc(Oc2ccc(C(F)(F)F)cc2Cl)cc1C(=O)OC. The van der Waals surface area contributed by atoms with Gasteiger partial charge in [-0.25, -0.2) is 9.59 Å². The van der Waals surface area contributed by atoms with Gasteiger partial charge in [0.1, 0.15) is 11.5 Å². The van der Waals surface area contributed by atoms with Gasteiger partial charge in [-0.1, -0.05) is 11.6 Å². The highest BCUT2D eigenvalue weighted by Crippen LogP contribution is 2.36. The Morgan fingerprint density at radius 3 is 2.08 bits per heavy atom. The molecule has 0 aliphatic carbocycles. The van der Waals surface area contributed by atoms with Crippen LogP contribution < -0.4 is 4.74 Å². The number of hydrogen-bond donors (Lipinski definition) is 0. The van der Waals surface area contributed by atoms with Crippen molar-refractivity contribution in [2.75, 3.05) is 14.2 Å². The van der Waals surface area contributed by atoms with Crippen LogP contribution in [-0.2, 0) is 15.7 Å². The minimum absolute atomic E-state index is 0.0507. The van der Waals surface area contributed by atoms with E-state index in [0.717, 1.165) is 32.4 Å². The number of esters is 2. The summed E-state index contributed by atoms with van der Waals surface area (Å²) in [6.07, 6.45) is -4.54. The molecule has 2 aromatic carbocycles. The highest BCUT2D eigenvalue weighted by Gasteiger charge is 2.31. The Kier molecular flexibility index (Phi) is 5.76. The molecule has 0 aliphatic heterocycles. The maximum absolute atomic E-state index is 12.7. The lowest BCUT2D eigenvalue weighted by molar-refractivity contribution is -0.137. The second kappa shape index (κ2) is 7.65. The summed E-state index contributed by atoms with van der Waals surface area (Å²) >= 11 is 5.83. The van der Waals surface area contributed by atoms with Crippen LogP contribution >= 0.6 is 11.6 Å². The standard InChI is InChI=1S/C17H12ClF3O5/c1-24-15(22)11-5-4-10(8-12(11)16(23)25-2)26-14-6-3-9(7-13(14)18)17(19,20)21/h3-8H,1-2H3. The summed E-state index contributed by atoms with van der Waals surface area (Å²) < 4.78 is 52.6. The first kappa shape index (κ1) is 19.6. The number of ether oxygens (including phenoxy) is 3. The third kappa shape index (κ3) is 4.26. The molecule has 0 unspecified atom stereocenters. The molecular formula is C17H12ClF3O5. The first-order valence-electron chi connectivity index (χ1n) is 7.02. The number of carbonyl (C=O) groups excluding carboxylic acids is 2. The van der Waals surface area contributed by atoms with Crippen molar-refractivity contribution in [1.29, 1.82) is 0 Å². The summed E-state index contributed by atoms with van der Waals surface area (Å²) in [6, 6.07) is 6.40. The number of methoxy groups -OCH3 is 2. The number of carbonyl (C=O) groups is 2. The fourth-order valence-corrected chi connectivity index (χ4v) is 2.26. The Morgan fingerprint density at radius 2 is 1.54 bits per heavy atom. The molecule has 0 aliphatic rings. The summed E-state index contributed by atoms with van der Waals surface area (Å²) in [5, 5.41) is -0.267. The zero-order valence-corrected chi connectivity index (χ0v) is 14.3. The van der Waals surface area contributed by atoms with Gasteiger partial charge in [0.25, 0.3) is 0 Å². The highest BCUT2D eigenvalue weighted by molar-refractivity contribution is 6.32. The molecule has 138 valence electrons. The predicted molar refractivity (Wildman–Crippen MR) is 85.6 cm³/mol. The second-order valence-corrected chi connectivity index (χ2v) is 5.34. The van der Waals surface area contributed by atoms with Crippen molar-refractivity contribution in [3.8, 4) is 11.5 Å². The van der Waals surface area contributed by atoms with Crippen molar-refractivity contribution in [2.45, 2.75) is 6.18 Å². The summed E-state index contributed by atoms with van der Waals surface area (Å²) in [6.45, 7) is 0. The van der Waals surface area contributed by atoms with Gasteiger partial charge in [-0.05, 0) is 36.4 Å². The van der Waals surface area contributed by atoms with Gasteiger partial charge >= 0.3 is 18.1 Å². The first-order chi connectivity index (χ1) is 12.2. The molecule has 0 bridgehead atoms. The van der Waals surface area contributed by atoms with Crippen LogP contribution in [0.15, 0.2) is 36.4 Å². The zero-order chi connectivity index (χ0) is 19.5. The molecular weight excluding hydrogens is 377 g/mol. The number of alkyl halides is 3. The van der Waals surface area contributed by atoms with E-state index in [1.807, 2.05) is 0 Å². The van der Waals surface area contributed by atoms with Crippen LogP contribution in [0.3, 0.4) is 0 Å². The molecule has 0 radical (unpaired) electrons. The summed E-state index contributed by atoms with van der Waals surface area (Å²) in [7, 11) is 2.28. The van der Waals surface area contributed by atoms with Crippen LogP contribution in [0, 0.1) is 0 Å². The predicted octanol–water partition coefficient (Wildman–Crippen LogP) is 4.72. The number of benzene rings is 2. The Hall–Kier alpha value is -2.74. The van der Waals surface area contributed by atoms with E-state index >= 15 is 0 Å². The lowest BCUT2D eigenvalue weighted by Crippen LogP contribution is -2.11. The molecule has 0 saturated carbocycles. The van der Waals surface area contributed by atoms with Crippen molar-refractivity contribution in [2.24, 2.45) is 0 Å². The fourth-order valence-electron chi connectivity index (χ4n) is 2.04. The van der Waals surface area contributed by atoms with Crippen LogP contribution in [0.2, 0.25) is 5.02 Å². The van der Waals surface area contributed by atoms with Gasteiger partial charge in [-0.2, -0.15) is 13.2 Å². The van der Waals surface area contributed by atoms with Gasteiger partial charge in [-0.3, -0.25) is 0 Å². The lowest BCUT2D eigenvalue weighted by Gasteiger charge is -2.13. The zero-order valence-electron chi connectivity index (χ0n) is 13.5. The van der Waals surface area contributed by atoms with Gasteiger partial charge in [-0.15, -0.1) is 0 Å². The van der Waals surface area contributed by atoms with Gasteiger partial charge in [0.05, 0.1) is 35.9 Å². The van der Waals surface area contributed by atoms with Gasteiger partial charge in [0.2, 0.25) is 0 Å². The van der Waals surface area contributed by atoms with E-state index < -0.39 is 23.7 Å². The van der Waals surface area contributed by atoms with E-state index in [-0.39, 0.29) is 27.6 Å². The Balaban J connectivity index is 2.38. The van der Waals surface area contributed by atoms with E-state index in [1.54, 1.807) is 0 Å². The Labute approximate surface area is 151 Å². The highest BCUT2D eigenvalue weighted by atomic mass is 35.5. The molecule has 2 rings (SSSR count). The summed E-state index contributed by atoms with van der Waals surface area (Å²) in [4.78, 5) is 23.6. The molecule has 5 nitrogen and oxygen atoms in total. The number of hydrogen-bond acceptors (Lipinski definition) is 5. The van der Waals surface area contributed by atoms with Crippen LogP contribution in [0.25, 0.3) is 0 Å². The topological polar surface area (TPSA) is 61.8 Å². The quantitative estimate of drug-likeness (QED) is 0.709. The fraction of sp³-hybridized carbons (Fsp3) is 0.176. The van der Waals surface area contributed by atoms with Crippen molar-refractivity contribution < 1.29 is 37.0 Å². The van der Waals surface area contributed by atoms with E-state index in [4.69, 9.17) is 16.3 Å². The molecule has 0 N–H and O–H groups in total. The van der Waals surface area contributed by atoms with Gasteiger partial charge in [0.15, 0.2) is 0 Å². The number of halogens is 4. The maximum Gasteiger partial charge on any atom is 0.416 e. The second-order valence-electron chi connectivity index (χ2n) is 4.94. The minimum Gasteiger partial charge on any atom is -0.465 e. The maximum atomic E-state index is 12.7. The lowest BCUT2D eigenvalue weighted by atomic mass is 10.1. The van der Waals surface area contributed by atoms with Gasteiger partial charge < -0.3 is 14.2 Å². The largest absolute Gasteiger partial charge is 0.465 e. The molecule has 0 aromatic heterocycles. The van der Waals surface area contributed by atoms with Crippen molar-refractivity contribution in [3.63, 3.8) is 0 Å².